The van der Waals surface area contributed by atoms with Crippen molar-refractivity contribution in [3.63, 3.8) is 0 Å². The number of fused-ring (bicyclic) bond motifs is 1. The molecule has 0 fully saturated rings. The Hall–Kier alpha value is -1.56. The molecule has 2 aromatic rings. The maximum Gasteiger partial charge on any atom is 0.569 e. The van der Waals surface area contributed by atoms with Crippen LogP contribution >= 0.6 is 0 Å². The van der Waals surface area contributed by atoms with Crippen LogP contribution in [0.5, 0.6) is 5.75 Å². The number of nitrogens with zero attached hydrogens (tertiary/aromatic N) is 2. The standard InChI is InChI=1S/C8H7BFN2O2/c1-5-3-12-4-6(14-9-13)2-7(10)8(12)11-5/h2-4,13H,1H3. The summed E-state index contributed by atoms with van der Waals surface area (Å²) in [5.74, 6) is -0.271. The lowest BCUT2D eigenvalue weighted by Crippen LogP contribution is -2.01. The molecule has 0 spiro atoms. The van der Waals surface area contributed by atoms with Crippen LogP contribution in [0.3, 0.4) is 0 Å². The van der Waals surface area contributed by atoms with E-state index < -0.39 is 5.82 Å². The zero-order chi connectivity index (χ0) is 10.1. The van der Waals surface area contributed by atoms with Gasteiger partial charge in [-0.3, -0.25) is 0 Å². The smallest absolute Gasteiger partial charge is 0.536 e. The Kier molecular flexibility index (Phi) is 2.13. The number of halogens is 1. The van der Waals surface area contributed by atoms with Crippen molar-refractivity contribution >= 4 is 13.3 Å². The molecule has 2 rings (SSSR count). The molecule has 14 heavy (non-hydrogen) atoms. The first-order valence-corrected chi connectivity index (χ1v) is 3.98. The van der Waals surface area contributed by atoms with Gasteiger partial charge in [-0.1, -0.05) is 0 Å². The van der Waals surface area contributed by atoms with Crippen LogP contribution in [-0.4, -0.2) is 22.1 Å². The summed E-state index contributed by atoms with van der Waals surface area (Å²) in [6.07, 6.45) is 3.20. The van der Waals surface area contributed by atoms with Crippen molar-refractivity contribution in [1.82, 2.24) is 9.38 Å². The van der Waals surface area contributed by atoms with Crippen molar-refractivity contribution in [1.29, 1.82) is 0 Å². The van der Waals surface area contributed by atoms with Gasteiger partial charge in [0.2, 0.25) is 0 Å². The van der Waals surface area contributed by atoms with Crippen LogP contribution in [0.15, 0.2) is 18.5 Å². The fourth-order valence-electron chi connectivity index (χ4n) is 1.28. The summed E-state index contributed by atoms with van der Waals surface area (Å²) in [5, 5.41) is 8.39. The average molecular weight is 193 g/mol. The second kappa shape index (κ2) is 3.30. The Morgan fingerprint density at radius 2 is 2.36 bits per heavy atom. The molecule has 4 nitrogen and oxygen atoms in total. The molecule has 2 aromatic heterocycles. The molecule has 0 aromatic carbocycles. The monoisotopic (exact) mass is 193 g/mol. The zero-order valence-electron chi connectivity index (χ0n) is 7.44. The summed E-state index contributed by atoms with van der Waals surface area (Å²) in [4.78, 5) is 3.97. The van der Waals surface area contributed by atoms with E-state index in [-0.39, 0.29) is 11.4 Å². The summed E-state index contributed by atoms with van der Waals surface area (Å²) in [7, 11) is 0.504. The molecule has 0 aliphatic carbocycles. The molecule has 0 atom stereocenters. The van der Waals surface area contributed by atoms with Crippen molar-refractivity contribution in [2.75, 3.05) is 0 Å². The molecule has 0 bridgehead atoms. The second-order valence-corrected chi connectivity index (χ2v) is 2.86. The predicted molar refractivity (Wildman–Crippen MR) is 48.5 cm³/mol. The number of hydrogen-bond acceptors (Lipinski definition) is 3. The van der Waals surface area contributed by atoms with Crippen molar-refractivity contribution < 1.29 is 14.1 Å². The van der Waals surface area contributed by atoms with Gasteiger partial charge in [-0.15, -0.1) is 0 Å². The lowest BCUT2D eigenvalue weighted by Gasteiger charge is -2.02. The maximum absolute atomic E-state index is 13.3. The van der Waals surface area contributed by atoms with E-state index in [9.17, 15) is 4.39 Å². The van der Waals surface area contributed by atoms with Gasteiger partial charge in [0.05, 0.1) is 11.9 Å². The Labute approximate surface area is 80.3 Å². The normalized spacial score (nSPS) is 10.5. The third-order valence-electron chi connectivity index (χ3n) is 1.79. The third-order valence-corrected chi connectivity index (χ3v) is 1.79. The molecule has 0 amide bonds. The predicted octanol–water partition coefficient (Wildman–Crippen LogP) is 0.687. The molecule has 2 heterocycles. The summed E-state index contributed by atoms with van der Waals surface area (Å²) in [5.41, 5.74) is 0.960. The van der Waals surface area contributed by atoms with Gasteiger partial charge >= 0.3 is 7.69 Å². The average Bonchev–Trinajstić information content (AvgIpc) is 2.47. The van der Waals surface area contributed by atoms with E-state index in [0.717, 1.165) is 6.07 Å². The summed E-state index contributed by atoms with van der Waals surface area (Å²) < 4.78 is 19.5. The minimum absolute atomic E-state index is 0.218. The van der Waals surface area contributed by atoms with Gasteiger partial charge in [0.25, 0.3) is 0 Å². The third kappa shape index (κ3) is 1.44. The van der Waals surface area contributed by atoms with Crippen LogP contribution in [0.2, 0.25) is 0 Å². The van der Waals surface area contributed by atoms with Gasteiger partial charge in [0.15, 0.2) is 11.5 Å². The first-order valence-electron chi connectivity index (χ1n) is 3.98. The van der Waals surface area contributed by atoms with Crippen LogP contribution in [0.1, 0.15) is 5.69 Å². The summed E-state index contributed by atoms with van der Waals surface area (Å²) in [6.45, 7) is 1.77. The molecular weight excluding hydrogens is 186 g/mol. The van der Waals surface area contributed by atoms with Gasteiger partial charge in [-0.05, 0) is 6.92 Å². The van der Waals surface area contributed by atoms with E-state index in [1.54, 1.807) is 13.1 Å². The van der Waals surface area contributed by atoms with E-state index in [1.807, 2.05) is 0 Å². The molecule has 1 radical (unpaired) electrons. The Morgan fingerprint density at radius 3 is 3.07 bits per heavy atom. The van der Waals surface area contributed by atoms with Gasteiger partial charge < -0.3 is 14.1 Å². The quantitative estimate of drug-likeness (QED) is 0.713. The SMILES string of the molecule is Cc1cn2cc(O[B]O)cc(F)c2n1. The number of rotatable bonds is 2. The highest BCUT2D eigenvalue weighted by Gasteiger charge is 2.07. The number of aryl methyl sites for hydroxylation is 1. The number of aromatic nitrogens is 2. The molecule has 71 valence electrons. The molecular formula is C8H7BFN2O2. The number of hydrogen-bond donors (Lipinski definition) is 1. The summed E-state index contributed by atoms with van der Waals surface area (Å²) >= 11 is 0. The van der Waals surface area contributed by atoms with Crippen LogP contribution in [-0.2, 0) is 0 Å². The topological polar surface area (TPSA) is 46.8 Å². The largest absolute Gasteiger partial charge is 0.569 e. The van der Waals surface area contributed by atoms with E-state index in [0.29, 0.717) is 13.4 Å². The molecule has 0 aliphatic rings. The lowest BCUT2D eigenvalue weighted by molar-refractivity contribution is 0.449. The van der Waals surface area contributed by atoms with E-state index in [4.69, 9.17) is 5.02 Å². The van der Waals surface area contributed by atoms with Crippen molar-refractivity contribution in [2.24, 2.45) is 0 Å². The zero-order valence-corrected chi connectivity index (χ0v) is 7.44. The van der Waals surface area contributed by atoms with Gasteiger partial charge in [-0.2, -0.15) is 0 Å². The van der Waals surface area contributed by atoms with E-state index in [2.05, 4.69) is 9.64 Å². The highest BCUT2D eigenvalue weighted by atomic mass is 19.1. The first-order chi connectivity index (χ1) is 6.70. The highest BCUT2D eigenvalue weighted by molar-refractivity contribution is 6.17. The van der Waals surface area contributed by atoms with E-state index >= 15 is 0 Å². The van der Waals surface area contributed by atoms with Crippen molar-refractivity contribution in [3.05, 3.63) is 30.0 Å². The second-order valence-electron chi connectivity index (χ2n) is 2.86. The lowest BCUT2D eigenvalue weighted by atomic mass is 10.3. The Bertz CT molecular complexity index is 472. The van der Waals surface area contributed by atoms with Crippen molar-refractivity contribution in [3.8, 4) is 5.75 Å². The fourth-order valence-corrected chi connectivity index (χ4v) is 1.28. The van der Waals surface area contributed by atoms with Crippen LogP contribution in [0, 0.1) is 12.7 Å². The van der Waals surface area contributed by atoms with Crippen LogP contribution < -0.4 is 4.65 Å². The molecule has 0 saturated carbocycles. The molecule has 6 heteroatoms. The maximum atomic E-state index is 13.3. The molecule has 0 unspecified atom stereocenters. The Balaban J connectivity index is 2.59. The molecule has 1 N–H and O–H groups in total. The van der Waals surface area contributed by atoms with E-state index in [1.165, 1.54) is 10.6 Å². The van der Waals surface area contributed by atoms with Gasteiger partial charge in [0, 0.05) is 12.3 Å². The number of pyridine rings is 1. The van der Waals surface area contributed by atoms with Gasteiger partial charge in [-0.25, -0.2) is 9.37 Å². The molecule has 0 aliphatic heterocycles. The fraction of sp³-hybridized carbons (Fsp3) is 0.125. The van der Waals surface area contributed by atoms with Crippen LogP contribution in [0.25, 0.3) is 5.65 Å². The van der Waals surface area contributed by atoms with Crippen molar-refractivity contribution in [2.45, 2.75) is 6.92 Å². The first kappa shape index (κ1) is 9.02. The Morgan fingerprint density at radius 1 is 1.57 bits per heavy atom. The van der Waals surface area contributed by atoms with Gasteiger partial charge in [0.1, 0.15) is 5.75 Å². The molecule has 0 saturated heterocycles. The number of imidazole rings is 1. The highest BCUT2D eigenvalue weighted by Crippen LogP contribution is 2.17. The minimum atomic E-state index is -0.488. The summed E-state index contributed by atoms with van der Waals surface area (Å²) in [6, 6.07) is 1.16. The van der Waals surface area contributed by atoms with Crippen LogP contribution in [0.4, 0.5) is 4.39 Å². The minimum Gasteiger partial charge on any atom is -0.536 e.